The maximum atomic E-state index is 12.2. The van der Waals surface area contributed by atoms with Crippen LogP contribution in [0.3, 0.4) is 0 Å². The van der Waals surface area contributed by atoms with Gasteiger partial charge in [-0.15, -0.1) is 0 Å². The number of hydrogen-bond acceptors (Lipinski definition) is 3. The number of aromatic nitrogens is 3. The van der Waals surface area contributed by atoms with Gasteiger partial charge in [0.05, 0.1) is 0 Å². The molecular formula is C21H22N4O. The molecule has 0 atom stereocenters. The van der Waals surface area contributed by atoms with Crippen LogP contribution in [0.2, 0.25) is 0 Å². The minimum Gasteiger partial charge on any atom is -0.342 e. The molecule has 0 spiro atoms. The SMILES string of the molecule is O=C(C1CC1)N1CCC(c2cc(-c3cc4cccnc4[nH]3)ccn2)CC1. The minimum atomic E-state index is 0.323. The summed E-state index contributed by atoms with van der Waals surface area (Å²) in [6.07, 6.45) is 7.87. The lowest BCUT2D eigenvalue weighted by atomic mass is 9.92. The van der Waals surface area contributed by atoms with Crippen LogP contribution in [0.25, 0.3) is 22.3 Å². The highest BCUT2D eigenvalue weighted by Gasteiger charge is 2.35. The lowest BCUT2D eigenvalue weighted by molar-refractivity contribution is -0.133. The standard InChI is InChI=1S/C21H22N4O/c26-21(15-3-4-15)25-10-6-14(7-11-25)18-12-16(5-9-22-18)19-13-17-2-1-8-23-20(17)24-19/h1-2,5,8-9,12-15H,3-4,6-7,10-11H2,(H,23,24). The number of amides is 1. The summed E-state index contributed by atoms with van der Waals surface area (Å²) in [4.78, 5) is 26.7. The third-order valence-corrected chi connectivity index (χ3v) is 5.64. The number of piperidine rings is 1. The van der Waals surface area contributed by atoms with Crippen molar-refractivity contribution in [1.82, 2.24) is 19.9 Å². The number of nitrogens with zero attached hydrogens (tertiary/aromatic N) is 3. The highest BCUT2D eigenvalue weighted by molar-refractivity contribution is 5.83. The second kappa shape index (κ2) is 6.24. The van der Waals surface area contributed by atoms with Crippen LogP contribution in [0.5, 0.6) is 0 Å². The molecule has 2 fully saturated rings. The number of aromatic amines is 1. The number of fused-ring (bicyclic) bond motifs is 1. The molecule has 0 unspecified atom stereocenters. The van der Waals surface area contributed by atoms with Crippen LogP contribution in [0.15, 0.2) is 42.7 Å². The van der Waals surface area contributed by atoms with Crippen molar-refractivity contribution >= 4 is 16.9 Å². The fourth-order valence-corrected chi connectivity index (χ4v) is 3.94. The fourth-order valence-electron chi connectivity index (χ4n) is 3.94. The zero-order valence-electron chi connectivity index (χ0n) is 14.7. The van der Waals surface area contributed by atoms with E-state index in [-0.39, 0.29) is 0 Å². The molecule has 1 saturated heterocycles. The van der Waals surface area contributed by atoms with Crippen molar-refractivity contribution in [2.75, 3.05) is 13.1 Å². The first-order chi connectivity index (χ1) is 12.8. The van der Waals surface area contributed by atoms with Gasteiger partial charge in [-0.1, -0.05) is 0 Å². The molecule has 1 saturated carbocycles. The van der Waals surface area contributed by atoms with Gasteiger partial charge in [0, 0.05) is 59.7 Å². The topological polar surface area (TPSA) is 61.9 Å². The molecule has 3 aromatic heterocycles. The van der Waals surface area contributed by atoms with Crippen molar-refractivity contribution in [2.24, 2.45) is 5.92 Å². The zero-order valence-corrected chi connectivity index (χ0v) is 14.7. The van der Waals surface area contributed by atoms with E-state index in [0.717, 1.165) is 66.8 Å². The highest BCUT2D eigenvalue weighted by atomic mass is 16.2. The molecule has 2 aliphatic rings. The molecule has 1 aliphatic heterocycles. The monoisotopic (exact) mass is 346 g/mol. The molecule has 0 bridgehead atoms. The Morgan fingerprint density at radius 1 is 1.04 bits per heavy atom. The van der Waals surface area contributed by atoms with Gasteiger partial charge in [-0.2, -0.15) is 0 Å². The van der Waals surface area contributed by atoms with E-state index >= 15 is 0 Å². The molecular weight excluding hydrogens is 324 g/mol. The van der Waals surface area contributed by atoms with Crippen LogP contribution in [-0.2, 0) is 4.79 Å². The molecule has 0 radical (unpaired) electrons. The average Bonchev–Trinajstić information content (AvgIpc) is 3.46. The zero-order chi connectivity index (χ0) is 17.5. The van der Waals surface area contributed by atoms with Crippen LogP contribution < -0.4 is 0 Å². The number of pyridine rings is 2. The van der Waals surface area contributed by atoms with Crippen LogP contribution in [-0.4, -0.2) is 38.8 Å². The smallest absolute Gasteiger partial charge is 0.225 e. The Hall–Kier alpha value is -2.69. The van der Waals surface area contributed by atoms with E-state index in [9.17, 15) is 4.79 Å². The van der Waals surface area contributed by atoms with Gasteiger partial charge < -0.3 is 9.88 Å². The lowest BCUT2D eigenvalue weighted by Crippen LogP contribution is -2.38. The molecule has 5 heteroatoms. The number of H-pyrrole nitrogens is 1. The molecule has 1 N–H and O–H groups in total. The molecule has 4 heterocycles. The summed E-state index contributed by atoms with van der Waals surface area (Å²) in [5.41, 5.74) is 4.26. The Kier molecular flexibility index (Phi) is 3.73. The summed E-state index contributed by atoms with van der Waals surface area (Å²) in [6, 6.07) is 10.4. The van der Waals surface area contributed by atoms with Crippen molar-refractivity contribution in [3.8, 4) is 11.3 Å². The second-order valence-corrected chi connectivity index (χ2v) is 7.47. The van der Waals surface area contributed by atoms with Crippen LogP contribution in [0, 0.1) is 5.92 Å². The van der Waals surface area contributed by atoms with Crippen molar-refractivity contribution in [3.05, 3.63) is 48.4 Å². The Bertz CT molecular complexity index is 918. The van der Waals surface area contributed by atoms with Gasteiger partial charge in [0.15, 0.2) is 0 Å². The van der Waals surface area contributed by atoms with E-state index in [1.807, 2.05) is 18.3 Å². The average molecular weight is 346 g/mol. The third kappa shape index (κ3) is 2.87. The largest absolute Gasteiger partial charge is 0.342 e. The van der Waals surface area contributed by atoms with Gasteiger partial charge in [0.1, 0.15) is 5.65 Å². The maximum absolute atomic E-state index is 12.2. The Morgan fingerprint density at radius 2 is 1.88 bits per heavy atom. The number of carbonyl (C=O) groups is 1. The normalized spacial score (nSPS) is 18.4. The Morgan fingerprint density at radius 3 is 2.65 bits per heavy atom. The molecule has 1 amide bonds. The first-order valence-corrected chi connectivity index (χ1v) is 9.47. The van der Waals surface area contributed by atoms with Gasteiger partial charge in [0.25, 0.3) is 0 Å². The first kappa shape index (κ1) is 15.6. The Labute approximate surface area is 152 Å². The number of carbonyl (C=O) groups excluding carboxylic acids is 1. The molecule has 3 aromatic rings. The van der Waals surface area contributed by atoms with Gasteiger partial charge in [-0.25, -0.2) is 4.98 Å². The second-order valence-electron chi connectivity index (χ2n) is 7.47. The fraction of sp³-hybridized carbons (Fsp3) is 0.381. The van der Waals surface area contributed by atoms with E-state index in [1.165, 1.54) is 0 Å². The summed E-state index contributed by atoms with van der Waals surface area (Å²) < 4.78 is 0. The number of rotatable bonds is 3. The predicted molar refractivity (Wildman–Crippen MR) is 101 cm³/mol. The molecule has 1 aliphatic carbocycles. The van der Waals surface area contributed by atoms with E-state index in [4.69, 9.17) is 0 Å². The van der Waals surface area contributed by atoms with Gasteiger partial charge in [-0.05, 0) is 56.0 Å². The molecule has 5 rings (SSSR count). The molecule has 5 nitrogen and oxygen atoms in total. The molecule has 26 heavy (non-hydrogen) atoms. The van der Waals surface area contributed by atoms with Crippen molar-refractivity contribution in [3.63, 3.8) is 0 Å². The summed E-state index contributed by atoms with van der Waals surface area (Å²) in [5, 5.41) is 1.12. The van der Waals surface area contributed by atoms with E-state index in [2.05, 4.69) is 38.1 Å². The molecule has 0 aromatic carbocycles. The minimum absolute atomic E-state index is 0.323. The Balaban J connectivity index is 1.34. The summed E-state index contributed by atoms with van der Waals surface area (Å²) in [6.45, 7) is 1.73. The summed E-state index contributed by atoms with van der Waals surface area (Å²) in [5.74, 6) is 1.13. The highest BCUT2D eigenvalue weighted by Crippen LogP contribution is 2.34. The lowest BCUT2D eigenvalue weighted by Gasteiger charge is -2.32. The summed E-state index contributed by atoms with van der Waals surface area (Å²) >= 11 is 0. The quantitative estimate of drug-likeness (QED) is 0.786. The van der Waals surface area contributed by atoms with Crippen LogP contribution >= 0.6 is 0 Å². The van der Waals surface area contributed by atoms with E-state index in [1.54, 1.807) is 6.20 Å². The number of hydrogen-bond donors (Lipinski definition) is 1. The predicted octanol–water partition coefficient (Wildman–Crippen LogP) is 3.74. The molecule has 132 valence electrons. The first-order valence-electron chi connectivity index (χ1n) is 9.47. The number of likely N-dealkylation sites (tertiary alicyclic amines) is 1. The summed E-state index contributed by atoms with van der Waals surface area (Å²) in [7, 11) is 0. The van der Waals surface area contributed by atoms with Crippen molar-refractivity contribution in [2.45, 2.75) is 31.6 Å². The van der Waals surface area contributed by atoms with Gasteiger partial charge in [-0.3, -0.25) is 9.78 Å². The third-order valence-electron chi connectivity index (χ3n) is 5.64. The van der Waals surface area contributed by atoms with E-state index < -0.39 is 0 Å². The van der Waals surface area contributed by atoms with Crippen molar-refractivity contribution in [1.29, 1.82) is 0 Å². The van der Waals surface area contributed by atoms with Crippen molar-refractivity contribution < 1.29 is 4.79 Å². The van der Waals surface area contributed by atoms with E-state index in [0.29, 0.717) is 17.7 Å². The number of nitrogens with one attached hydrogen (secondary N) is 1. The van der Waals surface area contributed by atoms with Gasteiger partial charge >= 0.3 is 0 Å². The van der Waals surface area contributed by atoms with Gasteiger partial charge in [0.2, 0.25) is 5.91 Å². The van der Waals surface area contributed by atoms with Crippen LogP contribution in [0.4, 0.5) is 0 Å². The van der Waals surface area contributed by atoms with Crippen LogP contribution in [0.1, 0.15) is 37.3 Å². The maximum Gasteiger partial charge on any atom is 0.225 e.